The molecule has 3 rings (SSSR count). The molecular weight excluding hydrogens is 224 g/mol. The summed E-state index contributed by atoms with van der Waals surface area (Å²) < 4.78 is 0. The SMILES string of the molecule is Cc1cnc(-c2ncc3c(n2)CCNC3)c(C)c1. The third kappa shape index (κ3) is 1.99. The molecule has 0 spiro atoms. The van der Waals surface area contributed by atoms with E-state index in [-0.39, 0.29) is 0 Å². The van der Waals surface area contributed by atoms with Gasteiger partial charge < -0.3 is 5.32 Å². The molecule has 0 radical (unpaired) electrons. The van der Waals surface area contributed by atoms with E-state index in [1.54, 1.807) is 0 Å². The lowest BCUT2D eigenvalue weighted by atomic mass is 10.1. The number of fused-ring (bicyclic) bond motifs is 1. The Kier molecular flexibility index (Phi) is 2.80. The Morgan fingerprint density at radius 3 is 2.89 bits per heavy atom. The molecule has 4 nitrogen and oxygen atoms in total. The first-order chi connectivity index (χ1) is 8.74. The molecule has 0 atom stereocenters. The molecule has 2 aromatic rings. The molecule has 1 N–H and O–H groups in total. The van der Waals surface area contributed by atoms with Crippen molar-refractivity contribution in [2.75, 3.05) is 6.54 Å². The summed E-state index contributed by atoms with van der Waals surface area (Å²) >= 11 is 0. The summed E-state index contributed by atoms with van der Waals surface area (Å²) in [4.78, 5) is 13.6. The lowest BCUT2D eigenvalue weighted by molar-refractivity contribution is 0.626. The number of nitrogens with one attached hydrogen (secondary N) is 1. The zero-order valence-corrected chi connectivity index (χ0v) is 10.7. The fourth-order valence-corrected chi connectivity index (χ4v) is 2.30. The molecular formula is C14H16N4. The van der Waals surface area contributed by atoms with Gasteiger partial charge in [0.15, 0.2) is 5.82 Å². The van der Waals surface area contributed by atoms with E-state index in [4.69, 9.17) is 0 Å². The molecule has 4 heteroatoms. The summed E-state index contributed by atoms with van der Waals surface area (Å²) in [6, 6.07) is 2.12. The second-order valence-corrected chi connectivity index (χ2v) is 4.77. The zero-order chi connectivity index (χ0) is 12.5. The minimum atomic E-state index is 0.744. The lowest BCUT2D eigenvalue weighted by Crippen LogP contribution is -2.25. The Hall–Kier alpha value is -1.81. The molecule has 1 aliphatic heterocycles. The van der Waals surface area contributed by atoms with E-state index in [9.17, 15) is 0 Å². The summed E-state index contributed by atoms with van der Waals surface area (Å²) in [7, 11) is 0. The highest BCUT2D eigenvalue weighted by molar-refractivity contribution is 5.55. The molecule has 3 heterocycles. The second kappa shape index (κ2) is 4.46. The van der Waals surface area contributed by atoms with Crippen LogP contribution in [-0.4, -0.2) is 21.5 Å². The van der Waals surface area contributed by atoms with E-state index in [2.05, 4.69) is 33.3 Å². The van der Waals surface area contributed by atoms with Crippen LogP contribution in [0.5, 0.6) is 0 Å². The van der Waals surface area contributed by atoms with E-state index in [1.165, 1.54) is 11.1 Å². The molecule has 1 aliphatic rings. The first kappa shape index (κ1) is 11.3. The van der Waals surface area contributed by atoms with Crippen LogP contribution < -0.4 is 5.32 Å². The van der Waals surface area contributed by atoms with Crippen LogP contribution in [0.3, 0.4) is 0 Å². The summed E-state index contributed by atoms with van der Waals surface area (Å²) in [5.74, 6) is 0.744. The number of hydrogen-bond acceptors (Lipinski definition) is 4. The monoisotopic (exact) mass is 240 g/mol. The van der Waals surface area contributed by atoms with Crippen molar-refractivity contribution in [1.29, 1.82) is 0 Å². The molecule has 0 aliphatic carbocycles. The maximum Gasteiger partial charge on any atom is 0.178 e. The predicted octanol–water partition coefficient (Wildman–Crippen LogP) is 1.80. The lowest BCUT2D eigenvalue weighted by Gasteiger charge is -2.16. The Morgan fingerprint density at radius 1 is 1.17 bits per heavy atom. The van der Waals surface area contributed by atoms with Crippen molar-refractivity contribution >= 4 is 0 Å². The molecule has 0 fully saturated rings. The third-order valence-electron chi connectivity index (χ3n) is 3.24. The minimum Gasteiger partial charge on any atom is -0.312 e. The molecule has 18 heavy (non-hydrogen) atoms. The molecule has 92 valence electrons. The van der Waals surface area contributed by atoms with E-state index in [1.807, 2.05) is 19.3 Å². The fraction of sp³-hybridized carbons (Fsp3) is 0.357. The highest BCUT2D eigenvalue weighted by Crippen LogP contribution is 2.20. The standard InChI is InChI=1S/C14H16N4/c1-9-5-10(2)13(16-6-9)14-17-8-11-7-15-4-3-12(11)18-14/h5-6,8,15H,3-4,7H2,1-2H3. The Labute approximate surface area is 107 Å². The van der Waals surface area contributed by atoms with Gasteiger partial charge in [-0.25, -0.2) is 9.97 Å². The molecule has 0 aromatic carbocycles. The van der Waals surface area contributed by atoms with Crippen molar-refractivity contribution in [3.8, 4) is 11.5 Å². The van der Waals surface area contributed by atoms with Crippen LogP contribution in [0.2, 0.25) is 0 Å². The highest BCUT2D eigenvalue weighted by Gasteiger charge is 2.14. The first-order valence-corrected chi connectivity index (χ1v) is 6.23. The Bertz CT molecular complexity index is 592. The van der Waals surface area contributed by atoms with E-state index >= 15 is 0 Å². The van der Waals surface area contributed by atoms with Crippen LogP contribution in [0.1, 0.15) is 22.4 Å². The Morgan fingerprint density at radius 2 is 2.06 bits per heavy atom. The van der Waals surface area contributed by atoms with Gasteiger partial charge in [-0.2, -0.15) is 0 Å². The quantitative estimate of drug-likeness (QED) is 0.825. The van der Waals surface area contributed by atoms with Crippen molar-refractivity contribution in [2.45, 2.75) is 26.8 Å². The van der Waals surface area contributed by atoms with Crippen LogP contribution in [0, 0.1) is 13.8 Å². The second-order valence-electron chi connectivity index (χ2n) is 4.77. The topological polar surface area (TPSA) is 50.7 Å². The van der Waals surface area contributed by atoms with Gasteiger partial charge in [-0.3, -0.25) is 4.98 Å². The first-order valence-electron chi connectivity index (χ1n) is 6.23. The van der Waals surface area contributed by atoms with E-state index in [0.29, 0.717) is 0 Å². The normalized spacial score (nSPS) is 14.3. The van der Waals surface area contributed by atoms with E-state index < -0.39 is 0 Å². The van der Waals surface area contributed by atoms with Crippen molar-refractivity contribution in [3.63, 3.8) is 0 Å². The van der Waals surface area contributed by atoms with Gasteiger partial charge in [0, 0.05) is 37.5 Å². The van der Waals surface area contributed by atoms with Crippen LogP contribution >= 0.6 is 0 Å². The van der Waals surface area contributed by atoms with Crippen LogP contribution in [0.25, 0.3) is 11.5 Å². The average molecular weight is 240 g/mol. The number of rotatable bonds is 1. The maximum absolute atomic E-state index is 4.66. The van der Waals surface area contributed by atoms with Gasteiger partial charge in [0.25, 0.3) is 0 Å². The molecule has 0 unspecified atom stereocenters. The molecule has 2 aromatic heterocycles. The van der Waals surface area contributed by atoms with Gasteiger partial charge in [-0.1, -0.05) is 6.07 Å². The average Bonchev–Trinajstić information content (AvgIpc) is 2.38. The summed E-state index contributed by atoms with van der Waals surface area (Å²) in [6.45, 7) is 5.96. The number of hydrogen-bond donors (Lipinski definition) is 1. The van der Waals surface area contributed by atoms with Crippen molar-refractivity contribution < 1.29 is 0 Å². The van der Waals surface area contributed by atoms with Crippen LogP contribution in [0.4, 0.5) is 0 Å². The number of aromatic nitrogens is 3. The van der Waals surface area contributed by atoms with Crippen molar-refractivity contribution in [3.05, 3.63) is 40.8 Å². The van der Waals surface area contributed by atoms with Gasteiger partial charge in [0.05, 0.1) is 5.69 Å². The Balaban J connectivity index is 2.06. The molecule has 0 amide bonds. The van der Waals surface area contributed by atoms with Crippen molar-refractivity contribution in [1.82, 2.24) is 20.3 Å². The number of nitrogens with zero attached hydrogens (tertiary/aromatic N) is 3. The molecule has 0 saturated heterocycles. The van der Waals surface area contributed by atoms with Crippen LogP contribution in [-0.2, 0) is 13.0 Å². The summed E-state index contributed by atoms with van der Waals surface area (Å²) in [5.41, 5.74) is 5.54. The minimum absolute atomic E-state index is 0.744. The third-order valence-corrected chi connectivity index (χ3v) is 3.24. The molecule has 0 bridgehead atoms. The highest BCUT2D eigenvalue weighted by atomic mass is 15.0. The zero-order valence-electron chi connectivity index (χ0n) is 10.7. The maximum atomic E-state index is 4.66. The van der Waals surface area contributed by atoms with Crippen molar-refractivity contribution in [2.24, 2.45) is 0 Å². The largest absolute Gasteiger partial charge is 0.312 e. The van der Waals surface area contributed by atoms with Gasteiger partial charge in [-0.05, 0) is 25.0 Å². The van der Waals surface area contributed by atoms with E-state index in [0.717, 1.165) is 42.3 Å². The van der Waals surface area contributed by atoms with Crippen LogP contribution in [0.15, 0.2) is 18.5 Å². The smallest absolute Gasteiger partial charge is 0.178 e. The van der Waals surface area contributed by atoms with Gasteiger partial charge in [-0.15, -0.1) is 0 Å². The number of aryl methyl sites for hydroxylation is 2. The molecule has 0 saturated carbocycles. The summed E-state index contributed by atoms with van der Waals surface area (Å²) in [5, 5.41) is 3.32. The van der Waals surface area contributed by atoms with Gasteiger partial charge >= 0.3 is 0 Å². The predicted molar refractivity (Wildman–Crippen MR) is 70.1 cm³/mol. The fourth-order valence-electron chi connectivity index (χ4n) is 2.30. The summed E-state index contributed by atoms with van der Waals surface area (Å²) in [6.07, 6.45) is 4.76. The van der Waals surface area contributed by atoms with Gasteiger partial charge in [0.2, 0.25) is 0 Å². The number of pyridine rings is 1. The van der Waals surface area contributed by atoms with Gasteiger partial charge in [0.1, 0.15) is 5.69 Å².